The summed E-state index contributed by atoms with van der Waals surface area (Å²) < 4.78 is 0. The SMILES string of the molecule is CC(c1ccc(CN(Cc2ccccn2)Cc2ccccn2)nc1)c1ccc(CN(Cc2ccccn2)Cc2ccccn2)nc1. The Hall–Kier alpha value is -5.18. The van der Waals surface area contributed by atoms with Crippen molar-refractivity contribution in [3.63, 3.8) is 0 Å². The predicted octanol–water partition coefficient (Wildman–Crippen LogP) is 6.61. The van der Waals surface area contributed by atoms with Gasteiger partial charge in [-0.3, -0.25) is 39.7 Å². The summed E-state index contributed by atoms with van der Waals surface area (Å²) >= 11 is 0. The lowest BCUT2D eigenvalue weighted by Crippen LogP contribution is -2.24. The highest BCUT2D eigenvalue weighted by Crippen LogP contribution is 2.24. The minimum atomic E-state index is 0.166. The molecule has 0 saturated carbocycles. The van der Waals surface area contributed by atoms with Crippen LogP contribution < -0.4 is 0 Å². The highest BCUT2D eigenvalue weighted by molar-refractivity contribution is 5.30. The van der Waals surface area contributed by atoms with E-state index in [2.05, 4.69) is 85.2 Å². The number of hydrogen-bond donors (Lipinski definition) is 0. The van der Waals surface area contributed by atoms with Gasteiger partial charge in [-0.05, 0) is 71.8 Å². The first-order valence-corrected chi connectivity index (χ1v) is 15.6. The molecule has 0 aliphatic carbocycles. The third-order valence-electron chi connectivity index (χ3n) is 7.91. The van der Waals surface area contributed by atoms with Gasteiger partial charge in [0.05, 0.1) is 34.2 Å². The van der Waals surface area contributed by atoms with Gasteiger partial charge in [0.25, 0.3) is 0 Å². The number of aromatic nitrogens is 6. The van der Waals surface area contributed by atoms with E-state index in [1.54, 1.807) is 0 Å². The van der Waals surface area contributed by atoms with Gasteiger partial charge in [0, 0.05) is 82.4 Å². The molecule has 0 aliphatic rings. The smallest absolute Gasteiger partial charge is 0.0544 e. The van der Waals surface area contributed by atoms with Crippen molar-refractivity contribution in [1.82, 2.24) is 39.7 Å². The minimum absolute atomic E-state index is 0.166. The molecule has 8 heteroatoms. The zero-order valence-electron chi connectivity index (χ0n) is 26.1. The zero-order chi connectivity index (χ0) is 31.4. The summed E-state index contributed by atoms with van der Waals surface area (Å²) in [5.74, 6) is 0.166. The molecular weight excluding hydrogens is 568 g/mol. The Balaban J connectivity index is 1.10. The Morgan fingerprint density at radius 2 is 0.696 bits per heavy atom. The maximum Gasteiger partial charge on any atom is 0.0544 e. The van der Waals surface area contributed by atoms with E-state index >= 15 is 0 Å². The molecule has 6 rings (SSSR count). The summed E-state index contributed by atoms with van der Waals surface area (Å²) in [6.07, 6.45) is 11.3. The van der Waals surface area contributed by atoms with Crippen molar-refractivity contribution in [3.8, 4) is 0 Å². The maximum absolute atomic E-state index is 4.86. The number of pyridine rings is 6. The molecule has 0 atom stereocenters. The van der Waals surface area contributed by atoms with E-state index in [9.17, 15) is 0 Å². The lowest BCUT2D eigenvalue weighted by Gasteiger charge is -2.22. The van der Waals surface area contributed by atoms with Crippen LogP contribution in [0, 0.1) is 0 Å². The second-order valence-corrected chi connectivity index (χ2v) is 11.5. The van der Waals surface area contributed by atoms with E-state index in [1.807, 2.05) is 85.7 Å². The molecule has 0 amide bonds. The molecule has 0 aromatic carbocycles. The lowest BCUT2D eigenvalue weighted by atomic mass is 9.95. The van der Waals surface area contributed by atoms with Gasteiger partial charge in [0.15, 0.2) is 0 Å². The molecule has 0 spiro atoms. The summed E-state index contributed by atoms with van der Waals surface area (Å²) in [5, 5.41) is 0. The van der Waals surface area contributed by atoms with E-state index in [-0.39, 0.29) is 5.92 Å². The zero-order valence-corrected chi connectivity index (χ0v) is 26.1. The first-order chi connectivity index (χ1) is 22.7. The second kappa shape index (κ2) is 15.7. The van der Waals surface area contributed by atoms with Crippen molar-refractivity contribution >= 4 is 0 Å². The third kappa shape index (κ3) is 8.94. The van der Waals surface area contributed by atoms with Gasteiger partial charge < -0.3 is 0 Å². The number of hydrogen-bond acceptors (Lipinski definition) is 8. The Labute approximate surface area is 270 Å². The molecule has 0 bridgehead atoms. The normalized spacial score (nSPS) is 11.4. The number of nitrogens with zero attached hydrogens (tertiary/aromatic N) is 8. The van der Waals surface area contributed by atoms with E-state index in [0.29, 0.717) is 13.1 Å². The largest absolute Gasteiger partial charge is 0.286 e. The topological polar surface area (TPSA) is 83.8 Å². The van der Waals surface area contributed by atoms with Crippen molar-refractivity contribution in [1.29, 1.82) is 0 Å². The molecule has 6 aromatic heterocycles. The van der Waals surface area contributed by atoms with Crippen molar-refractivity contribution < 1.29 is 0 Å². The summed E-state index contributed by atoms with van der Waals surface area (Å²) in [4.78, 5) is 32.5. The fraction of sp³-hybridized carbons (Fsp3) is 0.211. The summed E-state index contributed by atoms with van der Waals surface area (Å²) in [6, 6.07) is 32.7. The molecule has 0 radical (unpaired) electrons. The lowest BCUT2D eigenvalue weighted by molar-refractivity contribution is 0.239. The molecule has 6 heterocycles. The minimum Gasteiger partial charge on any atom is -0.286 e. The number of rotatable bonds is 14. The van der Waals surface area contributed by atoms with Gasteiger partial charge in [0.2, 0.25) is 0 Å². The van der Waals surface area contributed by atoms with Crippen LogP contribution in [0.25, 0.3) is 0 Å². The van der Waals surface area contributed by atoms with Gasteiger partial charge in [-0.15, -0.1) is 0 Å². The molecule has 0 saturated heterocycles. The van der Waals surface area contributed by atoms with Crippen molar-refractivity contribution in [3.05, 3.63) is 180 Å². The average Bonchev–Trinajstić information content (AvgIpc) is 3.10. The monoisotopic (exact) mass is 606 g/mol. The van der Waals surface area contributed by atoms with Crippen LogP contribution in [0.5, 0.6) is 0 Å². The van der Waals surface area contributed by atoms with Crippen LogP contribution in [-0.2, 0) is 39.3 Å². The van der Waals surface area contributed by atoms with Crippen LogP contribution in [0.1, 0.15) is 58.1 Å². The van der Waals surface area contributed by atoms with Crippen LogP contribution in [0.3, 0.4) is 0 Å². The third-order valence-corrected chi connectivity index (χ3v) is 7.91. The van der Waals surface area contributed by atoms with E-state index in [0.717, 1.165) is 71.5 Å². The van der Waals surface area contributed by atoms with E-state index in [1.165, 1.54) is 0 Å². The maximum atomic E-state index is 4.86. The van der Waals surface area contributed by atoms with Gasteiger partial charge in [-0.2, -0.15) is 0 Å². The first kappa shape index (κ1) is 30.8. The van der Waals surface area contributed by atoms with E-state index in [4.69, 9.17) is 9.97 Å². The van der Waals surface area contributed by atoms with E-state index < -0.39 is 0 Å². The Morgan fingerprint density at radius 1 is 0.391 bits per heavy atom. The first-order valence-electron chi connectivity index (χ1n) is 15.6. The fourth-order valence-electron chi connectivity index (χ4n) is 5.44. The van der Waals surface area contributed by atoms with Gasteiger partial charge >= 0.3 is 0 Å². The summed E-state index contributed by atoms with van der Waals surface area (Å²) in [5.41, 5.74) is 8.44. The molecule has 8 nitrogen and oxygen atoms in total. The molecule has 46 heavy (non-hydrogen) atoms. The highest BCUT2D eigenvalue weighted by Gasteiger charge is 2.15. The molecule has 0 unspecified atom stereocenters. The van der Waals surface area contributed by atoms with Crippen LogP contribution in [0.15, 0.2) is 134 Å². The Bertz CT molecular complexity index is 1520. The van der Waals surface area contributed by atoms with Gasteiger partial charge in [-0.1, -0.05) is 43.3 Å². The molecule has 0 N–H and O–H groups in total. The van der Waals surface area contributed by atoms with Crippen LogP contribution in [-0.4, -0.2) is 39.7 Å². The predicted molar refractivity (Wildman–Crippen MR) is 179 cm³/mol. The quantitative estimate of drug-likeness (QED) is 0.137. The molecular formula is C38H38N8. The van der Waals surface area contributed by atoms with Crippen LogP contribution in [0.2, 0.25) is 0 Å². The van der Waals surface area contributed by atoms with Crippen LogP contribution in [0.4, 0.5) is 0 Å². The Morgan fingerprint density at radius 3 is 0.935 bits per heavy atom. The molecule has 0 fully saturated rings. The molecule has 230 valence electrons. The molecule has 0 aliphatic heterocycles. The van der Waals surface area contributed by atoms with Crippen molar-refractivity contribution in [2.75, 3.05) is 0 Å². The summed E-state index contributed by atoms with van der Waals surface area (Å²) in [6.45, 7) is 6.48. The summed E-state index contributed by atoms with van der Waals surface area (Å²) in [7, 11) is 0. The van der Waals surface area contributed by atoms with Gasteiger partial charge in [0.1, 0.15) is 0 Å². The average molecular weight is 607 g/mol. The fourth-order valence-corrected chi connectivity index (χ4v) is 5.44. The molecule has 6 aromatic rings. The van der Waals surface area contributed by atoms with Crippen molar-refractivity contribution in [2.24, 2.45) is 0 Å². The Kier molecular flexibility index (Phi) is 10.5. The highest BCUT2D eigenvalue weighted by atomic mass is 15.1. The van der Waals surface area contributed by atoms with Gasteiger partial charge in [-0.25, -0.2) is 0 Å². The van der Waals surface area contributed by atoms with Crippen LogP contribution >= 0.6 is 0 Å². The standard InChI is InChI=1S/C38H38N8/c1-30(31-14-16-37(43-22-31)28-45(24-33-10-2-6-18-39-33)25-34-11-3-7-19-40-34)32-15-17-38(44-23-32)29-46(26-35-12-4-8-20-41-35)27-36-13-5-9-21-42-36/h2-23,30H,24-29H2,1H3. The van der Waals surface area contributed by atoms with Crippen molar-refractivity contribution in [2.45, 2.75) is 52.1 Å². The second-order valence-electron chi connectivity index (χ2n) is 11.5.